The third-order valence-corrected chi connectivity index (χ3v) is 5.71. The fraction of sp³-hybridized carbons (Fsp3) is 0.476. The molecule has 0 unspecified atom stereocenters. The number of rotatable bonds is 5. The number of hydrogen-bond acceptors (Lipinski definition) is 7. The molecule has 7 N–H and O–H groups in total. The van der Waals surface area contributed by atoms with Gasteiger partial charge in [-0.3, -0.25) is 0 Å². The molecule has 160 valence electrons. The van der Waals surface area contributed by atoms with E-state index in [0.29, 0.717) is 40.6 Å². The highest BCUT2D eigenvalue weighted by Crippen LogP contribution is 2.28. The van der Waals surface area contributed by atoms with E-state index in [-0.39, 0.29) is 23.9 Å². The maximum Gasteiger partial charge on any atom is 0.226 e. The SMILES string of the molecule is CC(C)n1c(Cc2cc(F)ccc2N)nc2c(N)nc(NC3CCC(N)CC3)nc21. The molecule has 3 aromatic rings. The van der Waals surface area contributed by atoms with Gasteiger partial charge >= 0.3 is 0 Å². The van der Waals surface area contributed by atoms with Gasteiger partial charge in [0, 0.05) is 30.2 Å². The Morgan fingerprint density at radius 3 is 2.57 bits per heavy atom. The lowest BCUT2D eigenvalue weighted by Crippen LogP contribution is -2.33. The summed E-state index contributed by atoms with van der Waals surface area (Å²) in [6, 6.07) is 4.99. The predicted octanol–water partition coefficient (Wildman–Crippen LogP) is 2.98. The second-order valence-corrected chi connectivity index (χ2v) is 8.37. The highest BCUT2D eigenvalue weighted by molar-refractivity contribution is 5.83. The van der Waals surface area contributed by atoms with Crippen LogP contribution >= 0.6 is 0 Å². The first-order valence-electron chi connectivity index (χ1n) is 10.4. The van der Waals surface area contributed by atoms with Crippen LogP contribution < -0.4 is 22.5 Å². The second-order valence-electron chi connectivity index (χ2n) is 8.37. The van der Waals surface area contributed by atoms with Gasteiger partial charge in [-0.05, 0) is 63.3 Å². The fourth-order valence-corrected chi connectivity index (χ4v) is 4.12. The number of nitrogens with zero attached hydrogens (tertiary/aromatic N) is 4. The maximum absolute atomic E-state index is 13.7. The highest BCUT2D eigenvalue weighted by Gasteiger charge is 2.22. The average Bonchev–Trinajstić information content (AvgIpc) is 3.05. The van der Waals surface area contributed by atoms with Crippen molar-refractivity contribution >= 4 is 28.6 Å². The summed E-state index contributed by atoms with van der Waals surface area (Å²) in [5, 5.41) is 3.41. The minimum absolute atomic E-state index is 0.0783. The molecule has 9 heteroatoms. The molecule has 0 spiro atoms. The second kappa shape index (κ2) is 8.06. The Hall–Kier alpha value is -2.94. The zero-order chi connectivity index (χ0) is 21.4. The maximum atomic E-state index is 13.7. The molecule has 0 radical (unpaired) electrons. The van der Waals surface area contributed by atoms with Crippen LogP contribution in [0.4, 0.5) is 21.8 Å². The van der Waals surface area contributed by atoms with Crippen LogP contribution in [0.3, 0.4) is 0 Å². The molecule has 1 saturated carbocycles. The van der Waals surface area contributed by atoms with E-state index >= 15 is 0 Å². The van der Waals surface area contributed by atoms with Crippen molar-refractivity contribution < 1.29 is 4.39 Å². The summed E-state index contributed by atoms with van der Waals surface area (Å²) in [7, 11) is 0. The summed E-state index contributed by atoms with van der Waals surface area (Å²) in [5.41, 5.74) is 20.7. The van der Waals surface area contributed by atoms with Crippen molar-refractivity contribution in [3.63, 3.8) is 0 Å². The van der Waals surface area contributed by atoms with E-state index in [1.165, 1.54) is 12.1 Å². The Morgan fingerprint density at radius 1 is 1.13 bits per heavy atom. The molecule has 2 heterocycles. The summed E-state index contributed by atoms with van der Waals surface area (Å²) in [6.07, 6.45) is 4.31. The lowest BCUT2D eigenvalue weighted by Gasteiger charge is -2.26. The number of halogens is 1. The van der Waals surface area contributed by atoms with Gasteiger partial charge < -0.3 is 27.1 Å². The number of imidazole rings is 1. The van der Waals surface area contributed by atoms with Crippen molar-refractivity contribution in [2.45, 2.75) is 64.1 Å². The molecule has 1 aromatic carbocycles. The van der Waals surface area contributed by atoms with Gasteiger partial charge in [0.2, 0.25) is 5.95 Å². The van der Waals surface area contributed by atoms with E-state index < -0.39 is 0 Å². The lowest BCUT2D eigenvalue weighted by molar-refractivity contribution is 0.410. The van der Waals surface area contributed by atoms with E-state index in [2.05, 4.69) is 15.3 Å². The fourth-order valence-electron chi connectivity index (χ4n) is 4.12. The van der Waals surface area contributed by atoms with Gasteiger partial charge in [-0.15, -0.1) is 0 Å². The molecule has 1 aliphatic carbocycles. The van der Waals surface area contributed by atoms with Crippen LogP contribution in [0.15, 0.2) is 18.2 Å². The molecule has 0 atom stereocenters. The topological polar surface area (TPSA) is 134 Å². The molecule has 0 amide bonds. The number of nitrogens with one attached hydrogen (secondary N) is 1. The molecule has 0 bridgehead atoms. The molecular weight excluding hydrogens is 383 g/mol. The minimum atomic E-state index is -0.329. The van der Waals surface area contributed by atoms with Crippen LogP contribution in [0.2, 0.25) is 0 Å². The summed E-state index contributed by atoms with van der Waals surface area (Å²) < 4.78 is 15.7. The minimum Gasteiger partial charge on any atom is -0.398 e. The Balaban J connectivity index is 1.71. The molecule has 1 aliphatic rings. The van der Waals surface area contributed by atoms with Gasteiger partial charge in [-0.25, -0.2) is 9.37 Å². The number of hydrogen-bond donors (Lipinski definition) is 4. The number of aromatic nitrogens is 4. The predicted molar refractivity (Wildman–Crippen MR) is 118 cm³/mol. The quantitative estimate of drug-likeness (QED) is 0.473. The van der Waals surface area contributed by atoms with Crippen LogP contribution in [0.1, 0.15) is 57.0 Å². The van der Waals surface area contributed by atoms with Crippen molar-refractivity contribution in [3.8, 4) is 0 Å². The van der Waals surface area contributed by atoms with Gasteiger partial charge in [0.1, 0.15) is 11.6 Å². The molecule has 4 rings (SSSR count). The molecular formula is C21H29FN8. The number of nitrogen functional groups attached to an aromatic ring is 2. The number of anilines is 3. The van der Waals surface area contributed by atoms with E-state index in [1.807, 2.05) is 18.4 Å². The van der Waals surface area contributed by atoms with E-state index in [4.69, 9.17) is 22.2 Å². The summed E-state index contributed by atoms with van der Waals surface area (Å²) >= 11 is 0. The normalized spacial score (nSPS) is 19.5. The van der Waals surface area contributed by atoms with E-state index in [1.54, 1.807) is 6.07 Å². The van der Waals surface area contributed by atoms with Crippen molar-refractivity contribution in [1.82, 2.24) is 19.5 Å². The highest BCUT2D eigenvalue weighted by atomic mass is 19.1. The number of benzene rings is 1. The van der Waals surface area contributed by atoms with Gasteiger partial charge in [-0.2, -0.15) is 9.97 Å². The zero-order valence-corrected chi connectivity index (χ0v) is 17.4. The summed E-state index contributed by atoms with van der Waals surface area (Å²) in [6.45, 7) is 4.10. The third kappa shape index (κ3) is 4.02. The van der Waals surface area contributed by atoms with Crippen molar-refractivity contribution in [3.05, 3.63) is 35.4 Å². The first-order valence-corrected chi connectivity index (χ1v) is 10.4. The summed E-state index contributed by atoms with van der Waals surface area (Å²) in [4.78, 5) is 13.9. The first-order chi connectivity index (χ1) is 14.3. The van der Waals surface area contributed by atoms with Crippen molar-refractivity contribution in [2.75, 3.05) is 16.8 Å². The summed E-state index contributed by atoms with van der Waals surface area (Å²) in [5.74, 6) is 1.21. The standard InChI is InChI=1S/C21H29FN8/c1-11(2)30-17(10-12-9-13(22)3-8-16(12)24)27-18-19(25)28-21(29-20(18)30)26-15-6-4-14(23)5-7-15/h3,8-9,11,14-15H,4-7,10,23-24H2,1-2H3,(H3,25,26,28,29). The molecule has 0 saturated heterocycles. The van der Waals surface area contributed by atoms with Gasteiger partial charge in [0.25, 0.3) is 0 Å². The van der Waals surface area contributed by atoms with Gasteiger partial charge in [0.05, 0.1) is 0 Å². The average molecular weight is 413 g/mol. The van der Waals surface area contributed by atoms with E-state index in [0.717, 1.165) is 31.5 Å². The van der Waals surface area contributed by atoms with Crippen LogP contribution in [0, 0.1) is 5.82 Å². The molecule has 1 fully saturated rings. The first kappa shape index (κ1) is 20.3. The van der Waals surface area contributed by atoms with Crippen LogP contribution in [0.5, 0.6) is 0 Å². The van der Waals surface area contributed by atoms with Crippen LogP contribution in [-0.4, -0.2) is 31.6 Å². The Kier molecular flexibility index (Phi) is 5.46. The number of nitrogens with two attached hydrogens (primary N) is 3. The zero-order valence-electron chi connectivity index (χ0n) is 17.4. The van der Waals surface area contributed by atoms with Crippen molar-refractivity contribution in [1.29, 1.82) is 0 Å². The lowest BCUT2D eigenvalue weighted by atomic mass is 9.92. The molecule has 2 aromatic heterocycles. The Labute approximate surface area is 175 Å². The van der Waals surface area contributed by atoms with Crippen molar-refractivity contribution in [2.24, 2.45) is 5.73 Å². The third-order valence-electron chi connectivity index (χ3n) is 5.71. The monoisotopic (exact) mass is 412 g/mol. The Bertz CT molecular complexity index is 1050. The van der Waals surface area contributed by atoms with E-state index in [9.17, 15) is 4.39 Å². The Morgan fingerprint density at radius 2 is 1.87 bits per heavy atom. The van der Waals surface area contributed by atoms with Gasteiger partial charge in [0.15, 0.2) is 17.0 Å². The van der Waals surface area contributed by atoms with Gasteiger partial charge in [-0.1, -0.05) is 0 Å². The molecule has 0 aliphatic heterocycles. The largest absolute Gasteiger partial charge is 0.398 e. The van der Waals surface area contributed by atoms with Crippen LogP contribution in [-0.2, 0) is 6.42 Å². The molecule has 30 heavy (non-hydrogen) atoms. The number of fused-ring (bicyclic) bond motifs is 1. The van der Waals surface area contributed by atoms with Crippen LogP contribution in [0.25, 0.3) is 11.2 Å². The smallest absolute Gasteiger partial charge is 0.226 e. The molecule has 8 nitrogen and oxygen atoms in total.